The van der Waals surface area contributed by atoms with Crippen molar-refractivity contribution in [3.05, 3.63) is 47.3 Å². The van der Waals surface area contributed by atoms with E-state index in [0.29, 0.717) is 11.5 Å². The van der Waals surface area contributed by atoms with Crippen molar-refractivity contribution in [2.45, 2.75) is 6.42 Å². The summed E-state index contributed by atoms with van der Waals surface area (Å²) < 4.78 is 23.8. The van der Waals surface area contributed by atoms with Gasteiger partial charge in [0.25, 0.3) is 0 Å². The molecule has 0 radical (unpaired) electrons. The summed E-state index contributed by atoms with van der Waals surface area (Å²) in [7, 11) is 3.23. The van der Waals surface area contributed by atoms with Crippen LogP contribution in [0.5, 0.6) is 11.5 Å². The van der Waals surface area contributed by atoms with Crippen LogP contribution in [0.3, 0.4) is 0 Å². The molecule has 18 heavy (non-hydrogen) atoms. The van der Waals surface area contributed by atoms with Crippen LogP contribution in [0.4, 0.5) is 4.39 Å². The molecule has 2 aromatic carbocycles. The molecule has 2 nitrogen and oxygen atoms in total. The maximum Gasteiger partial charge on any atom is 0.161 e. The lowest BCUT2D eigenvalue weighted by atomic mass is 10.1. The van der Waals surface area contributed by atoms with Gasteiger partial charge in [0.1, 0.15) is 5.82 Å². The van der Waals surface area contributed by atoms with Crippen LogP contribution in [-0.2, 0) is 6.42 Å². The van der Waals surface area contributed by atoms with Gasteiger partial charge in [0.2, 0.25) is 0 Å². The van der Waals surface area contributed by atoms with Crippen molar-refractivity contribution in [3.8, 4) is 22.6 Å². The van der Waals surface area contributed by atoms with Crippen LogP contribution in [-0.4, -0.2) is 14.2 Å². The molecule has 3 heteroatoms. The zero-order chi connectivity index (χ0) is 12.7. The highest BCUT2D eigenvalue weighted by atomic mass is 19.1. The average molecular weight is 244 g/mol. The quantitative estimate of drug-likeness (QED) is 0.687. The van der Waals surface area contributed by atoms with E-state index in [1.807, 2.05) is 18.2 Å². The standard InChI is InChI=1S/C15H13FO2/c1-17-14-7-10-5-9-6-11(16)3-4-12(9)13(10)8-15(14)18-2/h3-4,6-8H,5H2,1-2H3. The second-order valence-corrected chi connectivity index (χ2v) is 4.34. The fourth-order valence-corrected chi connectivity index (χ4v) is 2.49. The molecule has 0 unspecified atom stereocenters. The Hall–Kier alpha value is -2.03. The van der Waals surface area contributed by atoms with E-state index in [2.05, 4.69) is 0 Å². The monoisotopic (exact) mass is 244 g/mol. The van der Waals surface area contributed by atoms with Gasteiger partial charge in [-0.05, 0) is 52.9 Å². The van der Waals surface area contributed by atoms with Crippen LogP contribution in [0.1, 0.15) is 11.1 Å². The third-order valence-electron chi connectivity index (χ3n) is 3.35. The third kappa shape index (κ3) is 1.55. The lowest BCUT2D eigenvalue weighted by Gasteiger charge is -2.10. The van der Waals surface area contributed by atoms with Crippen LogP contribution < -0.4 is 9.47 Å². The van der Waals surface area contributed by atoms with E-state index in [-0.39, 0.29) is 5.82 Å². The molecule has 0 spiro atoms. The summed E-state index contributed by atoms with van der Waals surface area (Å²) >= 11 is 0. The number of fused-ring (bicyclic) bond motifs is 3. The van der Waals surface area contributed by atoms with Gasteiger partial charge in [0, 0.05) is 0 Å². The van der Waals surface area contributed by atoms with Crippen molar-refractivity contribution in [1.29, 1.82) is 0 Å². The lowest BCUT2D eigenvalue weighted by Crippen LogP contribution is -1.92. The van der Waals surface area contributed by atoms with Gasteiger partial charge < -0.3 is 9.47 Å². The van der Waals surface area contributed by atoms with Crippen molar-refractivity contribution < 1.29 is 13.9 Å². The molecule has 2 aromatic rings. The predicted octanol–water partition coefficient (Wildman–Crippen LogP) is 3.41. The van der Waals surface area contributed by atoms with Crippen molar-refractivity contribution in [2.75, 3.05) is 14.2 Å². The summed E-state index contributed by atoms with van der Waals surface area (Å²) in [6.07, 6.45) is 0.739. The molecule has 0 bridgehead atoms. The first-order valence-corrected chi connectivity index (χ1v) is 5.76. The van der Waals surface area contributed by atoms with Gasteiger partial charge in [-0.25, -0.2) is 4.39 Å². The Bertz CT molecular complexity index is 620. The second kappa shape index (κ2) is 4.02. The first-order valence-electron chi connectivity index (χ1n) is 5.76. The SMILES string of the molecule is COc1cc2c(cc1OC)-c1ccc(F)cc1C2. The molecule has 0 amide bonds. The van der Waals surface area contributed by atoms with Crippen molar-refractivity contribution in [2.24, 2.45) is 0 Å². The second-order valence-electron chi connectivity index (χ2n) is 4.34. The van der Waals surface area contributed by atoms with Gasteiger partial charge in [0.05, 0.1) is 14.2 Å². The van der Waals surface area contributed by atoms with Gasteiger partial charge in [-0.3, -0.25) is 0 Å². The van der Waals surface area contributed by atoms with Gasteiger partial charge in [0.15, 0.2) is 11.5 Å². The summed E-state index contributed by atoms with van der Waals surface area (Å²) in [5.41, 5.74) is 4.34. The fraction of sp³-hybridized carbons (Fsp3) is 0.200. The number of rotatable bonds is 2. The van der Waals surface area contributed by atoms with Gasteiger partial charge >= 0.3 is 0 Å². The molecular weight excluding hydrogens is 231 g/mol. The van der Waals surface area contributed by atoms with E-state index in [9.17, 15) is 4.39 Å². The molecule has 3 rings (SSSR count). The van der Waals surface area contributed by atoms with Crippen molar-refractivity contribution >= 4 is 0 Å². The highest BCUT2D eigenvalue weighted by Gasteiger charge is 2.21. The number of methoxy groups -OCH3 is 2. The normalized spacial score (nSPS) is 11.9. The first kappa shape index (κ1) is 11.1. The number of ether oxygens (including phenoxy) is 2. The molecule has 0 aromatic heterocycles. The molecule has 0 heterocycles. The predicted molar refractivity (Wildman–Crippen MR) is 67.7 cm³/mol. The minimum atomic E-state index is -0.194. The number of hydrogen-bond acceptors (Lipinski definition) is 2. The molecule has 92 valence electrons. The Morgan fingerprint density at radius 3 is 2.28 bits per heavy atom. The number of hydrogen-bond donors (Lipinski definition) is 0. The lowest BCUT2D eigenvalue weighted by molar-refractivity contribution is 0.355. The molecule has 0 saturated carbocycles. The van der Waals surface area contributed by atoms with Crippen molar-refractivity contribution in [1.82, 2.24) is 0 Å². The first-order chi connectivity index (χ1) is 8.72. The summed E-state index contributed by atoms with van der Waals surface area (Å²) in [5, 5.41) is 0. The van der Waals surface area contributed by atoms with Gasteiger partial charge in [-0.15, -0.1) is 0 Å². The Balaban J connectivity index is 2.19. The minimum absolute atomic E-state index is 0.194. The maximum absolute atomic E-state index is 13.2. The average Bonchev–Trinajstić information content (AvgIpc) is 2.73. The summed E-state index contributed by atoms with van der Waals surface area (Å²) in [6, 6.07) is 8.82. The van der Waals surface area contributed by atoms with E-state index in [4.69, 9.17) is 9.47 Å². The molecule has 1 aliphatic rings. The molecule has 0 atom stereocenters. The summed E-state index contributed by atoms with van der Waals surface area (Å²) in [4.78, 5) is 0. The van der Waals surface area contributed by atoms with Crippen molar-refractivity contribution in [3.63, 3.8) is 0 Å². The number of halogens is 1. The summed E-state index contributed by atoms with van der Waals surface area (Å²) in [6.45, 7) is 0. The van der Waals surface area contributed by atoms with E-state index >= 15 is 0 Å². The largest absolute Gasteiger partial charge is 0.493 e. The minimum Gasteiger partial charge on any atom is -0.493 e. The fourth-order valence-electron chi connectivity index (χ4n) is 2.49. The van der Waals surface area contributed by atoms with Crippen LogP contribution in [0.2, 0.25) is 0 Å². The zero-order valence-corrected chi connectivity index (χ0v) is 10.3. The van der Waals surface area contributed by atoms with E-state index in [1.54, 1.807) is 20.3 Å². The topological polar surface area (TPSA) is 18.5 Å². The smallest absolute Gasteiger partial charge is 0.161 e. The number of benzene rings is 2. The molecule has 0 saturated heterocycles. The van der Waals surface area contributed by atoms with E-state index in [1.165, 1.54) is 6.07 Å². The Labute approximate surface area is 105 Å². The molecule has 0 aliphatic heterocycles. The molecule has 0 fully saturated rings. The summed E-state index contributed by atoms with van der Waals surface area (Å²) in [5.74, 6) is 1.22. The highest BCUT2D eigenvalue weighted by Crippen LogP contribution is 2.42. The zero-order valence-electron chi connectivity index (χ0n) is 10.3. The Kier molecular flexibility index (Phi) is 2.47. The van der Waals surface area contributed by atoms with Crippen LogP contribution >= 0.6 is 0 Å². The molecule has 0 N–H and O–H groups in total. The van der Waals surface area contributed by atoms with E-state index in [0.717, 1.165) is 28.7 Å². The van der Waals surface area contributed by atoms with Gasteiger partial charge in [-0.1, -0.05) is 6.07 Å². The Morgan fingerprint density at radius 2 is 1.56 bits per heavy atom. The third-order valence-corrected chi connectivity index (χ3v) is 3.35. The molecular formula is C15H13FO2. The van der Waals surface area contributed by atoms with Crippen LogP contribution in [0.25, 0.3) is 11.1 Å². The van der Waals surface area contributed by atoms with Crippen LogP contribution in [0, 0.1) is 5.82 Å². The molecule has 1 aliphatic carbocycles. The van der Waals surface area contributed by atoms with Crippen LogP contribution in [0.15, 0.2) is 30.3 Å². The Morgan fingerprint density at radius 1 is 0.889 bits per heavy atom. The highest BCUT2D eigenvalue weighted by molar-refractivity contribution is 5.79. The van der Waals surface area contributed by atoms with Gasteiger partial charge in [-0.2, -0.15) is 0 Å². The maximum atomic E-state index is 13.2. The van der Waals surface area contributed by atoms with E-state index < -0.39 is 0 Å².